The van der Waals surface area contributed by atoms with E-state index in [4.69, 9.17) is 0 Å². The average Bonchev–Trinajstić information content (AvgIpc) is 2.47. The highest BCUT2D eigenvalue weighted by molar-refractivity contribution is 8.03. The van der Waals surface area contributed by atoms with Gasteiger partial charge in [-0.25, -0.2) is 0 Å². The maximum atomic E-state index is 11.4. The van der Waals surface area contributed by atoms with Crippen molar-refractivity contribution < 1.29 is 19.1 Å². The molecule has 0 aromatic heterocycles. The number of rotatable bonds is 4. The number of benzene rings is 1. The van der Waals surface area contributed by atoms with Gasteiger partial charge in [0.15, 0.2) is 5.92 Å². The minimum atomic E-state index is -0.987. The monoisotopic (exact) mass is 278 g/mol. The van der Waals surface area contributed by atoms with E-state index >= 15 is 0 Å². The number of carbonyl (C=O) groups excluding carboxylic acids is 2. The summed E-state index contributed by atoms with van der Waals surface area (Å²) in [6, 6.07) is 9.60. The van der Waals surface area contributed by atoms with E-state index in [9.17, 15) is 9.59 Å². The maximum absolute atomic E-state index is 11.4. The Kier molecular flexibility index (Phi) is 6.55. The second-order valence-corrected chi connectivity index (χ2v) is 4.38. The zero-order valence-electron chi connectivity index (χ0n) is 10.7. The summed E-state index contributed by atoms with van der Waals surface area (Å²) in [5, 5.41) is 2.84. The molecule has 0 atom stereocenters. The third kappa shape index (κ3) is 5.06. The van der Waals surface area contributed by atoms with Gasteiger partial charge in [-0.15, -0.1) is 0 Å². The van der Waals surface area contributed by atoms with Crippen LogP contribution < -0.4 is 0 Å². The van der Waals surface area contributed by atoms with Gasteiger partial charge >= 0.3 is 11.9 Å². The predicted molar refractivity (Wildman–Crippen MR) is 72.2 cm³/mol. The Morgan fingerprint density at radius 3 is 2.26 bits per heavy atom. The molecule has 4 nitrogen and oxygen atoms in total. The smallest absolute Gasteiger partial charge is 0.321 e. The first kappa shape index (κ1) is 15.1. The zero-order chi connectivity index (χ0) is 14.1. The highest BCUT2D eigenvalue weighted by Crippen LogP contribution is 2.15. The summed E-state index contributed by atoms with van der Waals surface area (Å²) in [5.41, 5.74) is 0. The SMILES string of the molecule is COC(=O)C(CC#CSc1ccccc1)C(=O)OC. The van der Waals surface area contributed by atoms with E-state index in [2.05, 4.69) is 20.6 Å². The lowest BCUT2D eigenvalue weighted by molar-refractivity contribution is -0.158. The summed E-state index contributed by atoms with van der Waals surface area (Å²) in [6.45, 7) is 0. The van der Waals surface area contributed by atoms with Crippen LogP contribution in [0.4, 0.5) is 0 Å². The van der Waals surface area contributed by atoms with Crippen LogP contribution in [0.25, 0.3) is 0 Å². The predicted octanol–water partition coefficient (Wildman–Crippen LogP) is 2.09. The van der Waals surface area contributed by atoms with Gasteiger partial charge in [-0.05, 0) is 29.1 Å². The summed E-state index contributed by atoms with van der Waals surface area (Å²) in [5.74, 6) is 0.522. The molecule has 5 heteroatoms. The Balaban J connectivity index is 2.57. The molecule has 1 rings (SSSR count). The quantitative estimate of drug-likeness (QED) is 0.365. The fourth-order valence-electron chi connectivity index (χ4n) is 1.27. The van der Waals surface area contributed by atoms with E-state index in [0.717, 1.165) is 4.90 Å². The molecular weight excluding hydrogens is 264 g/mol. The second kappa shape index (κ2) is 8.22. The molecule has 19 heavy (non-hydrogen) atoms. The molecule has 100 valence electrons. The van der Waals surface area contributed by atoms with Crippen molar-refractivity contribution in [3.05, 3.63) is 30.3 Å². The first-order chi connectivity index (χ1) is 9.19. The molecule has 0 fully saturated rings. The number of ether oxygens (including phenoxy) is 2. The molecule has 0 saturated carbocycles. The third-order valence-electron chi connectivity index (χ3n) is 2.26. The standard InChI is InChI=1S/C14H14O4S/c1-17-13(15)12(14(16)18-2)9-6-10-19-11-7-4-3-5-8-11/h3-5,7-8,12H,9H2,1-2H3. The average molecular weight is 278 g/mol. The highest BCUT2D eigenvalue weighted by atomic mass is 32.2. The normalized spacial score (nSPS) is 9.42. The molecule has 0 aliphatic heterocycles. The summed E-state index contributed by atoms with van der Waals surface area (Å²) < 4.78 is 9.07. The van der Waals surface area contributed by atoms with E-state index in [1.807, 2.05) is 30.3 Å². The van der Waals surface area contributed by atoms with Crippen LogP contribution in [0.3, 0.4) is 0 Å². The number of hydrogen-bond donors (Lipinski definition) is 0. The van der Waals surface area contributed by atoms with E-state index in [1.165, 1.54) is 26.0 Å². The first-order valence-corrected chi connectivity index (χ1v) is 6.36. The lowest BCUT2D eigenvalue weighted by Crippen LogP contribution is -2.26. The molecule has 0 bridgehead atoms. The van der Waals surface area contributed by atoms with Gasteiger partial charge in [0.25, 0.3) is 0 Å². The van der Waals surface area contributed by atoms with Crippen LogP contribution in [0.5, 0.6) is 0 Å². The van der Waals surface area contributed by atoms with Crippen LogP contribution >= 0.6 is 11.8 Å². The van der Waals surface area contributed by atoms with Crippen LogP contribution in [0.15, 0.2) is 35.2 Å². The van der Waals surface area contributed by atoms with Crippen LogP contribution in [0.1, 0.15) is 6.42 Å². The van der Waals surface area contributed by atoms with Crippen molar-refractivity contribution in [2.24, 2.45) is 5.92 Å². The molecule has 0 amide bonds. The van der Waals surface area contributed by atoms with Gasteiger partial charge in [-0.2, -0.15) is 0 Å². The number of carbonyl (C=O) groups is 2. The van der Waals surface area contributed by atoms with Crippen LogP contribution in [-0.2, 0) is 19.1 Å². The number of thioether (sulfide) groups is 1. The zero-order valence-corrected chi connectivity index (χ0v) is 11.5. The Labute approximate surface area is 116 Å². The van der Waals surface area contributed by atoms with E-state index < -0.39 is 17.9 Å². The number of esters is 2. The van der Waals surface area contributed by atoms with Crippen molar-refractivity contribution in [1.29, 1.82) is 0 Å². The number of methoxy groups -OCH3 is 2. The summed E-state index contributed by atoms with van der Waals surface area (Å²) in [4.78, 5) is 23.8. The molecule has 0 aliphatic rings. The van der Waals surface area contributed by atoms with Crippen molar-refractivity contribution in [3.63, 3.8) is 0 Å². The molecule has 0 saturated heterocycles. The molecule has 0 aliphatic carbocycles. The van der Waals surface area contributed by atoms with Gasteiger partial charge in [0, 0.05) is 11.3 Å². The molecule has 0 N–H and O–H groups in total. The topological polar surface area (TPSA) is 52.6 Å². The van der Waals surface area contributed by atoms with Crippen molar-refractivity contribution in [3.8, 4) is 11.2 Å². The fraction of sp³-hybridized carbons (Fsp3) is 0.286. The largest absolute Gasteiger partial charge is 0.468 e. The highest BCUT2D eigenvalue weighted by Gasteiger charge is 2.27. The summed E-state index contributed by atoms with van der Waals surface area (Å²) in [6.07, 6.45) is 0.0825. The van der Waals surface area contributed by atoms with E-state index in [0.29, 0.717) is 0 Å². The third-order valence-corrected chi connectivity index (χ3v) is 3.02. The van der Waals surface area contributed by atoms with E-state index in [-0.39, 0.29) is 6.42 Å². The maximum Gasteiger partial charge on any atom is 0.321 e. The van der Waals surface area contributed by atoms with E-state index in [1.54, 1.807) is 0 Å². The Hall–Kier alpha value is -1.93. The van der Waals surface area contributed by atoms with Crippen molar-refractivity contribution in [2.75, 3.05) is 14.2 Å². The van der Waals surface area contributed by atoms with Gasteiger partial charge < -0.3 is 9.47 Å². The van der Waals surface area contributed by atoms with Crippen molar-refractivity contribution >= 4 is 23.7 Å². The fourth-order valence-corrected chi connectivity index (χ4v) is 1.84. The van der Waals surface area contributed by atoms with Gasteiger partial charge in [0.05, 0.1) is 14.2 Å². The molecule has 0 radical (unpaired) electrons. The molecular formula is C14H14O4S. The summed E-state index contributed by atoms with van der Waals surface area (Å²) >= 11 is 1.34. The first-order valence-electron chi connectivity index (χ1n) is 5.54. The molecule has 1 aromatic carbocycles. The van der Waals surface area contributed by atoms with Crippen molar-refractivity contribution in [1.82, 2.24) is 0 Å². The molecule has 0 spiro atoms. The van der Waals surface area contributed by atoms with Crippen LogP contribution in [0, 0.1) is 17.1 Å². The minimum absolute atomic E-state index is 0.0825. The molecule has 1 aromatic rings. The Morgan fingerprint density at radius 1 is 1.16 bits per heavy atom. The Morgan fingerprint density at radius 2 is 1.74 bits per heavy atom. The molecule has 0 unspecified atom stereocenters. The molecule has 0 heterocycles. The van der Waals surface area contributed by atoms with Crippen LogP contribution in [0.2, 0.25) is 0 Å². The number of hydrogen-bond acceptors (Lipinski definition) is 5. The van der Waals surface area contributed by atoms with Gasteiger partial charge in [-0.3, -0.25) is 9.59 Å². The second-order valence-electron chi connectivity index (χ2n) is 3.50. The van der Waals surface area contributed by atoms with Gasteiger partial charge in [0.2, 0.25) is 0 Å². The van der Waals surface area contributed by atoms with Gasteiger partial charge in [0.1, 0.15) is 0 Å². The summed E-state index contributed by atoms with van der Waals surface area (Å²) in [7, 11) is 2.45. The van der Waals surface area contributed by atoms with Crippen molar-refractivity contribution in [2.45, 2.75) is 11.3 Å². The Bertz CT molecular complexity index is 471. The lowest BCUT2D eigenvalue weighted by Gasteiger charge is -2.08. The lowest BCUT2D eigenvalue weighted by atomic mass is 10.1. The van der Waals surface area contributed by atoms with Gasteiger partial charge in [-0.1, -0.05) is 24.1 Å². The van der Waals surface area contributed by atoms with Crippen LogP contribution in [-0.4, -0.2) is 26.2 Å². The minimum Gasteiger partial charge on any atom is -0.468 e.